The van der Waals surface area contributed by atoms with Crippen LogP contribution in [0.2, 0.25) is 0 Å². The Labute approximate surface area is 150 Å². The third-order valence-electron chi connectivity index (χ3n) is 4.95. The number of nitrogens with one attached hydrogen (secondary N) is 1. The number of carbonyl (C=O) groups is 1. The Balaban J connectivity index is 1.88. The number of nitrogens with zero attached hydrogens (tertiary/aromatic N) is 3. The highest BCUT2D eigenvalue weighted by Crippen LogP contribution is 2.27. The summed E-state index contributed by atoms with van der Waals surface area (Å²) in [4.78, 5) is 15.0. The van der Waals surface area contributed by atoms with Crippen LogP contribution >= 0.6 is 0 Å². The fourth-order valence-electron chi connectivity index (χ4n) is 3.89. The molecule has 140 valence electrons. The zero-order chi connectivity index (χ0) is 18.0. The van der Waals surface area contributed by atoms with E-state index in [1.807, 2.05) is 4.90 Å². The molecule has 1 aromatic heterocycles. The highest BCUT2D eigenvalue weighted by atomic mass is 16.5. The van der Waals surface area contributed by atoms with Crippen molar-refractivity contribution >= 4 is 5.91 Å². The second-order valence-corrected chi connectivity index (χ2v) is 8.02. The Morgan fingerprint density at radius 2 is 2.00 bits per heavy atom. The third-order valence-corrected chi connectivity index (χ3v) is 4.95. The van der Waals surface area contributed by atoms with E-state index >= 15 is 0 Å². The summed E-state index contributed by atoms with van der Waals surface area (Å²) in [6.07, 6.45) is 3.01. The van der Waals surface area contributed by atoms with Gasteiger partial charge in [0.1, 0.15) is 0 Å². The molecule has 2 aliphatic rings. The van der Waals surface area contributed by atoms with E-state index in [-0.39, 0.29) is 5.91 Å². The molecule has 1 aliphatic heterocycles. The molecule has 3 rings (SSSR count). The minimum atomic E-state index is 0.0762. The van der Waals surface area contributed by atoms with Crippen LogP contribution in [-0.4, -0.2) is 59.0 Å². The molecule has 1 aliphatic carbocycles. The fourth-order valence-corrected chi connectivity index (χ4v) is 3.89. The summed E-state index contributed by atoms with van der Waals surface area (Å²) in [5.41, 5.74) is 3.11. The molecule has 1 aromatic rings. The van der Waals surface area contributed by atoms with Gasteiger partial charge < -0.3 is 15.0 Å². The van der Waals surface area contributed by atoms with Crippen molar-refractivity contribution in [1.29, 1.82) is 0 Å². The summed E-state index contributed by atoms with van der Waals surface area (Å²) in [6.45, 7) is 12.2. The zero-order valence-electron chi connectivity index (χ0n) is 16.0. The van der Waals surface area contributed by atoms with E-state index < -0.39 is 0 Å². The van der Waals surface area contributed by atoms with Gasteiger partial charge in [0.05, 0.1) is 13.2 Å². The fraction of sp³-hybridized carbons (Fsp3) is 0.789. The van der Waals surface area contributed by atoms with Crippen LogP contribution in [-0.2, 0) is 24.1 Å². The van der Waals surface area contributed by atoms with Gasteiger partial charge in [0.15, 0.2) is 5.69 Å². The van der Waals surface area contributed by atoms with E-state index in [2.05, 4.69) is 37.7 Å². The van der Waals surface area contributed by atoms with E-state index in [1.165, 1.54) is 11.3 Å². The maximum atomic E-state index is 13.1. The molecule has 1 saturated heterocycles. The number of carbonyl (C=O) groups excluding carboxylic acids is 1. The number of rotatable bonds is 5. The molecule has 1 N–H and O–H groups in total. The van der Waals surface area contributed by atoms with Gasteiger partial charge in [0.2, 0.25) is 0 Å². The van der Waals surface area contributed by atoms with Crippen molar-refractivity contribution in [2.45, 2.75) is 65.6 Å². The molecule has 25 heavy (non-hydrogen) atoms. The maximum Gasteiger partial charge on any atom is 0.274 e. The SMILES string of the molecule is CC(C)Cn1nc(C(=O)N2CCOCC2)c2c1CCC(NC(C)C)C2. The molecule has 0 saturated carbocycles. The minimum absolute atomic E-state index is 0.0762. The summed E-state index contributed by atoms with van der Waals surface area (Å²) in [5, 5.41) is 8.41. The summed E-state index contributed by atoms with van der Waals surface area (Å²) < 4.78 is 7.48. The number of hydrogen-bond donors (Lipinski definition) is 1. The molecule has 1 amide bonds. The summed E-state index contributed by atoms with van der Waals surface area (Å²) in [6, 6.07) is 0.885. The zero-order valence-corrected chi connectivity index (χ0v) is 16.0. The second kappa shape index (κ2) is 7.87. The highest BCUT2D eigenvalue weighted by molar-refractivity contribution is 5.94. The first-order valence-corrected chi connectivity index (χ1v) is 9.67. The van der Waals surface area contributed by atoms with E-state index in [4.69, 9.17) is 9.84 Å². The Morgan fingerprint density at radius 3 is 2.64 bits per heavy atom. The normalized spacial score (nSPS) is 21.0. The van der Waals surface area contributed by atoms with Crippen molar-refractivity contribution in [3.05, 3.63) is 17.0 Å². The second-order valence-electron chi connectivity index (χ2n) is 8.02. The van der Waals surface area contributed by atoms with Gasteiger partial charge >= 0.3 is 0 Å². The first-order valence-electron chi connectivity index (χ1n) is 9.67. The number of aromatic nitrogens is 2. The lowest BCUT2D eigenvalue weighted by atomic mass is 9.90. The molecule has 1 fully saturated rings. The van der Waals surface area contributed by atoms with Gasteiger partial charge in [-0.1, -0.05) is 27.7 Å². The number of hydrogen-bond acceptors (Lipinski definition) is 4. The van der Waals surface area contributed by atoms with E-state index in [0.29, 0.717) is 50.0 Å². The molecule has 1 unspecified atom stereocenters. The average molecular weight is 348 g/mol. The van der Waals surface area contributed by atoms with E-state index in [0.717, 1.165) is 25.8 Å². The molecule has 2 heterocycles. The van der Waals surface area contributed by atoms with Crippen LogP contribution in [0.1, 0.15) is 55.9 Å². The summed E-state index contributed by atoms with van der Waals surface area (Å²) >= 11 is 0. The van der Waals surface area contributed by atoms with Gasteiger partial charge in [0.25, 0.3) is 5.91 Å². The van der Waals surface area contributed by atoms with E-state index in [1.54, 1.807) is 0 Å². The largest absolute Gasteiger partial charge is 0.378 e. The number of morpholine rings is 1. The van der Waals surface area contributed by atoms with Crippen molar-refractivity contribution in [2.75, 3.05) is 26.3 Å². The smallest absolute Gasteiger partial charge is 0.274 e. The molecule has 0 bridgehead atoms. The lowest BCUT2D eigenvalue weighted by Crippen LogP contribution is -2.42. The highest BCUT2D eigenvalue weighted by Gasteiger charge is 2.31. The van der Waals surface area contributed by atoms with Crippen LogP contribution in [0.3, 0.4) is 0 Å². The Kier molecular flexibility index (Phi) is 5.79. The lowest BCUT2D eigenvalue weighted by molar-refractivity contribution is 0.0297. The van der Waals surface area contributed by atoms with Crippen LogP contribution in [0.25, 0.3) is 0 Å². The van der Waals surface area contributed by atoms with Gasteiger partial charge in [0, 0.05) is 43.0 Å². The first kappa shape index (κ1) is 18.4. The molecule has 0 aromatic carbocycles. The van der Waals surface area contributed by atoms with Crippen molar-refractivity contribution < 1.29 is 9.53 Å². The van der Waals surface area contributed by atoms with Crippen LogP contribution < -0.4 is 5.32 Å². The van der Waals surface area contributed by atoms with Gasteiger partial charge in [-0.05, 0) is 25.2 Å². The van der Waals surface area contributed by atoms with Crippen molar-refractivity contribution in [3.8, 4) is 0 Å². The Hall–Kier alpha value is -1.40. The van der Waals surface area contributed by atoms with Gasteiger partial charge in [-0.25, -0.2) is 0 Å². The molecule has 1 atom stereocenters. The molecule has 0 spiro atoms. The molecule has 6 nitrogen and oxygen atoms in total. The minimum Gasteiger partial charge on any atom is -0.378 e. The number of ether oxygens (including phenoxy) is 1. The number of amides is 1. The van der Waals surface area contributed by atoms with Crippen molar-refractivity contribution in [2.24, 2.45) is 5.92 Å². The maximum absolute atomic E-state index is 13.1. The van der Waals surface area contributed by atoms with Crippen molar-refractivity contribution in [1.82, 2.24) is 20.0 Å². The lowest BCUT2D eigenvalue weighted by Gasteiger charge is -2.28. The summed E-state index contributed by atoms with van der Waals surface area (Å²) in [5.74, 6) is 0.592. The number of fused-ring (bicyclic) bond motifs is 1. The monoisotopic (exact) mass is 348 g/mol. The molecule has 6 heteroatoms. The van der Waals surface area contributed by atoms with E-state index in [9.17, 15) is 4.79 Å². The van der Waals surface area contributed by atoms with Gasteiger partial charge in [-0.2, -0.15) is 5.10 Å². The van der Waals surface area contributed by atoms with Crippen LogP contribution in [0, 0.1) is 5.92 Å². The summed E-state index contributed by atoms with van der Waals surface area (Å²) in [7, 11) is 0. The van der Waals surface area contributed by atoms with Crippen LogP contribution in [0.4, 0.5) is 0 Å². The predicted octanol–water partition coefficient (Wildman–Crippen LogP) is 1.87. The van der Waals surface area contributed by atoms with Crippen LogP contribution in [0.15, 0.2) is 0 Å². The molecular weight excluding hydrogens is 316 g/mol. The Morgan fingerprint density at radius 1 is 1.28 bits per heavy atom. The average Bonchev–Trinajstić information content (AvgIpc) is 2.91. The molecule has 0 radical (unpaired) electrons. The van der Waals surface area contributed by atoms with Gasteiger partial charge in [-0.3, -0.25) is 9.48 Å². The predicted molar refractivity (Wildman–Crippen MR) is 97.9 cm³/mol. The first-order chi connectivity index (χ1) is 12.0. The third kappa shape index (κ3) is 4.23. The quantitative estimate of drug-likeness (QED) is 0.882. The molecular formula is C19H32N4O2. The Bertz CT molecular complexity index is 603. The standard InChI is InChI=1S/C19H32N4O2/c1-13(2)12-23-17-6-5-15(20-14(3)4)11-16(17)18(21-23)19(24)22-7-9-25-10-8-22/h13-15,20H,5-12H2,1-4H3. The van der Waals surface area contributed by atoms with Crippen LogP contribution in [0.5, 0.6) is 0 Å². The topological polar surface area (TPSA) is 59.4 Å². The van der Waals surface area contributed by atoms with Gasteiger partial charge in [-0.15, -0.1) is 0 Å². The van der Waals surface area contributed by atoms with Crippen molar-refractivity contribution in [3.63, 3.8) is 0 Å².